The van der Waals surface area contributed by atoms with E-state index in [1.165, 1.54) is 12.4 Å². The van der Waals surface area contributed by atoms with Crippen molar-refractivity contribution >= 4 is 16.7 Å². The van der Waals surface area contributed by atoms with Gasteiger partial charge in [0.25, 0.3) is 0 Å². The summed E-state index contributed by atoms with van der Waals surface area (Å²) in [7, 11) is 2.14. The topological polar surface area (TPSA) is 32.3 Å². The zero-order valence-corrected chi connectivity index (χ0v) is 14.2. The molecule has 0 bridgehead atoms. The number of aromatic nitrogens is 2. The van der Waals surface area contributed by atoms with Crippen molar-refractivity contribution in [1.82, 2.24) is 14.9 Å². The van der Waals surface area contributed by atoms with Crippen molar-refractivity contribution in [2.24, 2.45) is 5.41 Å². The normalized spacial score (nSPS) is 20.9. The maximum Gasteiger partial charge on any atom is 0.393 e. The van der Waals surface area contributed by atoms with Crippen LogP contribution in [0.5, 0.6) is 0 Å². The number of halogens is 3. The number of hydrogen-bond donors (Lipinski definition) is 0. The van der Waals surface area contributed by atoms with E-state index in [0.29, 0.717) is 16.3 Å². The predicted octanol–water partition coefficient (Wildman–Crippen LogP) is 3.27. The summed E-state index contributed by atoms with van der Waals surface area (Å²) in [6, 6.07) is 4.76. The lowest BCUT2D eigenvalue weighted by molar-refractivity contribution is -0.127. The smallest absolute Gasteiger partial charge is 0.356 e. The number of likely N-dealkylation sites (tertiary alicyclic amines) is 1. The van der Waals surface area contributed by atoms with Gasteiger partial charge in [0.05, 0.1) is 11.9 Å². The summed E-state index contributed by atoms with van der Waals surface area (Å²) in [5.41, 5.74) is 1.37. The van der Waals surface area contributed by atoms with Crippen LogP contribution in [0.25, 0.3) is 10.9 Å². The standard InChI is InChI=1S/C18H21F3N4/c1-24-10-17(11-24)4-6-25(7-5-17)16-14-8-13(9-18(19,20)21)2-3-15(14)22-12-23-16/h2-3,8,12H,4-7,9-11H2,1H3. The first-order valence-electron chi connectivity index (χ1n) is 8.58. The fraction of sp³-hybridized carbons (Fsp3) is 0.556. The highest BCUT2D eigenvalue weighted by molar-refractivity contribution is 5.89. The van der Waals surface area contributed by atoms with Gasteiger partial charge < -0.3 is 9.80 Å². The quantitative estimate of drug-likeness (QED) is 0.832. The lowest BCUT2D eigenvalue weighted by Crippen LogP contribution is -2.58. The van der Waals surface area contributed by atoms with Crippen LogP contribution >= 0.6 is 0 Å². The molecule has 0 amide bonds. The van der Waals surface area contributed by atoms with Crippen molar-refractivity contribution in [3.05, 3.63) is 30.1 Å². The Morgan fingerprint density at radius 3 is 2.48 bits per heavy atom. The van der Waals surface area contributed by atoms with Crippen molar-refractivity contribution in [1.29, 1.82) is 0 Å². The summed E-state index contributed by atoms with van der Waals surface area (Å²) in [6.45, 7) is 4.06. The monoisotopic (exact) mass is 350 g/mol. The molecule has 1 spiro atoms. The third-order valence-electron chi connectivity index (χ3n) is 5.42. The van der Waals surface area contributed by atoms with Crippen LogP contribution in [-0.2, 0) is 6.42 Å². The van der Waals surface area contributed by atoms with Crippen molar-refractivity contribution in [3.8, 4) is 0 Å². The zero-order chi connectivity index (χ0) is 17.7. The van der Waals surface area contributed by atoms with E-state index in [1.807, 2.05) is 0 Å². The maximum atomic E-state index is 12.7. The van der Waals surface area contributed by atoms with Crippen molar-refractivity contribution in [2.45, 2.75) is 25.4 Å². The molecular formula is C18H21F3N4. The molecular weight excluding hydrogens is 329 g/mol. The highest BCUT2D eigenvalue weighted by Gasteiger charge is 2.43. The van der Waals surface area contributed by atoms with Crippen molar-refractivity contribution in [3.63, 3.8) is 0 Å². The Bertz CT molecular complexity index is 773. The molecule has 7 heteroatoms. The van der Waals surface area contributed by atoms with Crippen LogP contribution in [0.4, 0.5) is 19.0 Å². The van der Waals surface area contributed by atoms with Crippen LogP contribution in [0.1, 0.15) is 18.4 Å². The summed E-state index contributed by atoms with van der Waals surface area (Å²) >= 11 is 0. The average molecular weight is 350 g/mol. The largest absolute Gasteiger partial charge is 0.393 e. The van der Waals surface area contributed by atoms with Gasteiger partial charge in [-0.2, -0.15) is 13.2 Å². The van der Waals surface area contributed by atoms with Crippen molar-refractivity contribution < 1.29 is 13.2 Å². The second-order valence-electron chi connectivity index (χ2n) is 7.50. The number of nitrogens with zero attached hydrogens (tertiary/aromatic N) is 4. The second kappa shape index (κ2) is 5.83. The Morgan fingerprint density at radius 1 is 1.12 bits per heavy atom. The SMILES string of the molecule is CN1CC2(CCN(c3ncnc4ccc(CC(F)(F)F)cc34)CC2)C1. The molecule has 0 N–H and O–H groups in total. The van der Waals surface area contributed by atoms with Gasteiger partial charge in [-0.3, -0.25) is 0 Å². The van der Waals surface area contributed by atoms with Gasteiger partial charge in [-0.1, -0.05) is 6.07 Å². The van der Waals surface area contributed by atoms with E-state index in [2.05, 4.69) is 26.8 Å². The Morgan fingerprint density at radius 2 is 1.84 bits per heavy atom. The predicted molar refractivity (Wildman–Crippen MR) is 90.7 cm³/mol. The summed E-state index contributed by atoms with van der Waals surface area (Å²) < 4.78 is 38.1. The second-order valence-corrected chi connectivity index (χ2v) is 7.50. The Kier molecular flexibility index (Phi) is 3.86. The first kappa shape index (κ1) is 16.6. The van der Waals surface area contributed by atoms with Gasteiger partial charge in [0, 0.05) is 31.6 Å². The first-order valence-corrected chi connectivity index (χ1v) is 8.58. The summed E-state index contributed by atoms with van der Waals surface area (Å²) in [4.78, 5) is 13.1. The van der Waals surface area contributed by atoms with Crippen LogP contribution in [0.3, 0.4) is 0 Å². The molecule has 1 aromatic carbocycles. The number of rotatable bonds is 2. The summed E-state index contributed by atoms with van der Waals surface area (Å²) in [6.07, 6.45) is -1.43. The van der Waals surface area contributed by atoms with Crippen LogP contribution < -0.4 is 4.90 Å². The Hall–Kier alpha value is -1.89. The van der Waals surface area contributed by atoms with E-state index in [4.69, 9.17) is 0 Å². The number of benzene rings is 1. The number of fused-ring (bicyclic) bond motifs is 1. The van der Waals surface area contributed by atoms with E-state index in [0.717, 1.165) is 44.8 Å². The van der Waals surface area contributed by atoms with E-state index in [9.17, 15) is 13.2 Å². The van der Waals surface area contributed by atoms with E-state index < -0.39 is 12.6 Å². The molecule has 0 aliphatic carbocycles. The van der Waals surface area contributed by atoms with E-state index in [-0.39, 0.29) is 5.56 Å². The average Bonchev–Trinajstić information content (AvgIpc) is 2.52. The molecule has 25 heavy (non-hydrogen) atoms. The summed E-state index contributed by atoms with van der Waals surface area (Å²) in [5, 5.41) is 0.714. The van der Waals surface area contributed by atoms with Gasteiger partial charge in [-0.25, -0.2) is 9.97 Å². The van der Waals surface area contributed by atoms with E-state index in [1.54, 1.807) is 12.1 Å². The molecule has 4 rings (SSSR count). The van der Waals surface area contributed by atoms with Gasteiger partial charge >= 0.3 is 6.18 Å². The molecule has 3 heterocycles. The number of hydrogen-bond acceptors (Lipinski definition) is 4. The lowest BCUT2D eigenvalue weighted by atomic mass is 9.72. The Labute approximate surface area is 144 Å². The first-order chi connectivity index (χ1) is 11.8. The molecule has 2 aliphatic rings. The Balaban J connectivity index is 1.60. The minimum atomic E-state index is -4.21. The maximum absolute atomic E-state index is 12.7. The molecule has 2 saturated heterocycles. The van der Waals surface area contributed by atoms with Gasteiger partial charge in [-0.15, -0.1) is 0 Å². The third kappa shape index (κ3) is 3.29. The minimum Gasteiger partial charge on any atom is -0.356 e. The molecule has 0 atom stereocenters. The molecule has 0 radical (unpaired) electrons. The van der Waals surface area contributed by atoms with Crippen molar-refractivity contribution in [2.75, 3.05) is 38.1 Å². The molecule has 2 aliphatic heterocycles. The molecule has 2 fully saturated rings. The molecule has 1 aromatic heterocycles. The molecule has 2 aromatic rings. The molecule has 134 valence electrons. The molecule has 0 saturated carbocycles. The van der Waals surface area contributed by atoms with Crippen LogP contribution in [-0.4, -0.2) is 54.3 Å². The molecule has 4 nitrogen and oxygen atoms in total. The highest BCUT2D eigenvalue weighted by atomic mass is 19.4. The van der Waals surface area contributed by atoms with Gasteiger partial charge in [0.1, 0.15) is 12.1 Å². The molecule has 0 unspecified atom stereocenters. The van der Waals surface area contributed by atoms with Gasteiger partial charge in [-0.05, 0) is 43.0 Å². The minimum absolute atomic E-state index is 0.255. The zero-order valence-electron chi connectivity index (χ0n) is 14.2. The number of anilines is 1. The number of alkyl halides is 3. The van der Waals surface area contributed by atoms with Crippen LogP contribution in [0.2, 0.25) is 0 Å². The van der Waals surface area contributed by atoms with Crippen LogP contribution in [0.15, 0.2) is 24.5 Å². The van der Waals surface area contributed by atoms with E-state index >= 15 is 0 Å². The fourth-order valence-corrected chi connectivity index (χ4v) is 4.29. The van der Waals surface area contributed by atoms with Gasteiger partial charge in [0.2, 0.25) is 0 Å². The van der Waals surface area contributed by atoms with Crippen LogP contribution in [0, 0.1) is 5.41 Å². The summed E-state index contributed by atoms with van der Waals surface area (Å²) in [5.74, 6) is 0.761. The number of piperidine rings is 1. The third-order valence-corrected chi connectivity index (χ3v) is 5.42. The van der Waals surface area contributed by atoms with Gasteiger partial charge in [0.15, 0.2) is 0 Å². The fourth-order valence-electron chi connectivity index (χ4n) is 4.29. The lowest BCUT2D eigenvalue weighted by Gasteiger charge is -2.53. The highest BCUT2D eigenvalue weighted by Crippen LogP contribution is 2.41.